The number of aryl methyl sites for hydroxylation is 1. The van der Waals surface area contributed by atoms with Crippen molar-refractivity contribution in [2.45, 2.75) is 13.3 Å². The van der Waals surface area contributed by atoms with E-state index in [4.69, 9.17) is 15.4 Å². The molecule has 2 unspecified atom stereocenters. The van der Waals surface area contributed by atoms with Gasteiger partial charge in [-0.05, 0) is 65.8 Å². The highest BCUT2D eigenvalue weighted by Crippen LogP contribution is 2.39. The van der Waals surface area contributed by atoms with Crippen molar-refractivity contribution in [2.75, 3.05) is 11.1 Å². The van der Waals surface area contributed by atoms with Crippen LogP contribution in [0.1, 0.15) is 12.0 Å². The lowest BCUT2D eigenvalue weighted by molar-refractivity contribution is -0.117. The molecule has 8 heteroatoms. The van der Waals surface area contributed by atoms with E-state index in [2.05, 4.69) is 21.4 Å². The lowest BCUT2D eigenvalue weighted by Crippen LogP contribution is -2.15. The Hall–Kier alpha value is -4.12. The van der Waals surface area contributed by atoms with Crippen LogP contribution >= 0.6 is 0 Å². The van der Waals surface area contributed by atoms with Crippen molar-refractivity contribution < 1.29 is 9.21 Å². The van der Waals surface area contributed by atoms with Crippen molar-refractivity contribution in [3.63, 3.8) is 0 Å². The van der Waals surface area contributed by atoms with Gasteiger partial charge in [0.1, 0.15) is 5.82 Å². The molecule has 1 aliphatic carbocycles. The zero-order valence-corrected chi connectivity index (χ0v) is 16.0. The van der Waals surface area contributed by atoms with E-state index in [9.17, 15) is 9.59 Å². The summed E-state index contributed by atoms with van der Waals surface area (Å²) in [5, 5.41) is 13.3. The number of nitrogens with zero attached hydrogens (tertiary/aromatic N) is 2. The molecule has 0 saturated heterocycles. The number of anilines is 2. The van der Waals surface area contributed by atoms with Gasteiger partial charge in [-0.15, -0.1) is 0 Å². The minimum atomic E-state index is -0.500. The van der Waals surface area contributed by atoms with Crippen LogP contribution in [0.15, 0.2) is 45.7 Å². The standard InChI is InChI=1S/C22H17N5O3/c1-10-2-18-19(30-22(29)26-18)7-14(10)11-3-12-6-20(25-9-16(12)17(24)5-11)27-21(28)15-4-13(15)8-23/h2-3,5-7,9,13,15H,4,24H2,1H3,(H,26,29)(H,25,27,28). The molecule has 1 saturated carbocycles. The van der Waals surface area contributed by atoms with Gasteiger partial charge in [0, 0.05) is 17.3 Å². The Balaban J connectivity index is 1.55. The Labute approximate surface area is 170 Å². The number of nitrogens with one attached hydrogen (secondary N) is 2. The van der Waals surface area contributed by atoms with E-state index >= 15 is 0 Å². The molecule has 0 spiro atoms. The fraction of sp³-hybridized carbons (Fsp3) is 0.182. The quantitative estimate of drug-likeness (QED) is 0.452. The molecule has 30 heavy (non-hydrogen) atoms. The first-order chi connectivity index (χ1) is 14.4. The van der Waals surface area contributed by atoms with Crippen molar-refractivity contribution in [1.29, 1.82) is 5.26 Å². The Morgan fingerprint density at radius 2 is 2.17 bits per heavy atom. The van der Waals surface area contributed by atoms with Gasteiger partial charge in [-0.25, -0.2) is 9.78 Å². The molecule has 0 bridgehead atoms. The van der Waals surface area contributed by atoms with Gasteiger partial charge in [0.15, 0.2) is 5.58 Å². The first-order valence-electron chi connectivity index (χ1n) is 9.46. The maximum absolute atomic E-state index is 12.2. The zero-order valence-electron chi connectivity index (χ0n) is 16.0. The number of hydrogen-bond acceptors (Lipinski definition) is 6. The van der Waals surface area contributed by atoms with Crippen LogP contribution < -0.4 is 16.8 Å². The van der Waals surface area contributed by atoms with Gasteiger partial charge in [0.2, 0.25) is 5.91 Å². The second kappa shape index (κ2) is 6.46. The fourth-order valence-corrected chi connectivity index (χ4v) is 3.77. The highest BCUT2D eigenvalue weighted by Gasteiger charge is 2.43. The predicted octanol–water partition coefficient (Wildman–Crippen LogP) is 3.33. The molecule has 2 atom stereocenters. The number of nitrogen functional groups attached to an aromatic ring is 1. The summed E-state index contributed by atoms with van der Waals surface area (Å²) in [6, 6.07) is 11.3. The predicted molar refractivity (Wildman–Crippen MR) is 113 cm³/mol. The van der Waals surface area contributed by atoms with Crippen molar-refractivity contribution in [1.82, 2.24) is 9.97 Å². The third kappa shape index (κ3) is 2.97. The van der Waals surface area contributed by atoms with Crippen LogP contribution in [0.3, 0.4) is 0 Å². The van der Waals surface area contributed by atoms with Crippen LogP contribution in [0.5, 0.6) is 0 Å². The number of H-pyrrole nitrogens is 1. The molecule has 2 aromatic heterocycles. The molecule has 8 nitrogen and oxygen atoms in total. The summed E-state index contributed by atoms with van der Waals surface area (Å²) in [7, 11) is 0. The van der Waals surface area contributed by atoms with E-state index in [0.717, 1.165) is 27.5 Å². The van der Waals surface area contributed by atoms with Crippen LogP contribution in [0.25, 0.3) is 33.0 Å². The van der Waals surface area contributed by atoms with Gasteiger partial charge in [-0.3, -0.25) is 9.78 Å². The summed E-state index contributed by atoms with van der Waals surface area (Å²) in [6.45, 7) is 1.94. The van der Waals surface area contributed by atoms with Crippen LogP contribution in [0.4, 0.5) is 11.5 Å². The smallest absolute Gasteiger partial charge is 0.408 e. The van der Waals surface area contributed by atoms with Gasteiger partial charge in [0.25, 0.3) is 0 Å². The third-order valence-electron chi connectivity index (χ3n) is 5.49. The van der Waals surface area contributed by atoms with Crippen molar-refractivity contribution >= 4 is 39.3 Å². The first-order valence-corrected chi connectivity index (χ1v) is 9.46. The minimum Gasteiger partial charge on any atom is -0.408 e. The molecule has 1 aliphatic rings. The van der Waals surface area contributed by atoms with E-state index in [1.165, 1.54) is 0 Å². The number of hydrogen-bond donors (Lipinski definition) is 3. The topological polar surface area (TPSA) is 138 Å². The number of carbonyl (C=O) groups excluding carboxylic acids is 1. The summed E-state index contributed by atoms with van der Waals surface area (Å²) in [6.07, 6.45) is 2.21. The largest absolute Gasteiger partial charge is 0.417 e. The van der Waals surface area contributed by atoms with Crippen LogP contribution in [-0.4, -0.2) is 15.9 Å². The monoisotopic (exact) mass is 399 g/mol. The maximum Gasteiger partial charge on any atom is 0.417 e. The Kier molecular flexibility index (Phi) is 3.86. The molecule has 0 aliphatic heterocycles. The molecule has 5 rings (SSSR count). The van der Waals surface area contributed by atoms with Crippen molar-refractivity contribution in [3.05, 3.63) is 52.6 Å². The molecular weight excluding hydrogens is 382 g/mol. The van der Waals surface area contributed by atoms with Crippen molar-refractivity contribution in [2.24, 2.45) is 11.8 Å². The van der Waals surface area contributed by atoms with Crippen LogP contribution in [0.2, 0.25) is 0 Å². The number of oxazole rings is 1. The number of benzene rings is 2. The number of aromatic nitrogens is 2. The van der Waals surface area contributed by atoms with Crippen LogP contribution in [-0.2, 0) is 4.79 Å². The highest BCUT2D eigenvalue weighted by atomic mass is 16.4. The lowest BCUT2D eigenvalue weighted by atomic mass is 9.97. The number of pyridine rings is 1. The Morgan fingerprint density at radius 1 is 1.33 bits per heavy atom. The second-order valence-electron chi connectivity index (χ2n) is 7.60. The third-order valence-corrected chi connectivity index (χ3v) is 5.49. The molecular formula is C22H17N5O3. The van der Waals surface area contributed by atoms with Gasteiger partial charge in [-0.2, -0.15) is 5.26 Å². The van der Waals surface area contributed by atoms with E-state index < -0.39 is 5.76 Å². The van der Waals surface area contributed by atoms with Crippen LogP contribution in [0, 0.1) is 30.1 Å². The molecule has 4 N–H and O–H groups in total. The molecule has 2 aromatic carbocycles. The summed E-state index contributed by atoms with van der Waals surface area (Å²) in [5.41, 5.74) is 10.6. The second-order valence-corrected chi connectivity index (χ2v) is 7.60. The van der Waals surface area contributed by atoms with Crippen molar-refractivity contribution in [3.8, 4) is 17.2 Å². The molecule has 2 heterocycles. The summed E-state index contributed by atoms with van der Waals surface area (Å²) in [4.78, 5) is 30.7. The molecule has 148 valence electrons. The lowest BCUT2D eigenvalue weighted by Gasteiger charge is -2.11. The Bertz CT molecular complexity index is 1440. The van der Waals surface area contributed by atoms with Gasteiger partial charge in [0.05, 0.1) is 23.4 Å². The van der Waals surface area contributed by atoms with E-state index in [1.807, 2.05) is 31.2 Å². The highest BCUT2D eigenvalue weighted by molar-refractivity contribution is 6.00. The van der Waals surface area contributed by atoms with E-state index in [1.54, 1.807) is 12.3 Å². The van der Waals surface area contributed by atoms with Gasteiger partial charge >= 0.3 is 5.76 Å². The number of nitriles is 1. The fourth-order valence-electron chi connectivity index (χ4n) is 3.77. The average molecular weight is 399 g/mol. The number of aromatic amines is 1. The number of amides is 1. The molecule has 0 radical (unpaired) electrons. The molecule has 1 fully saturated rings. The summed E-state index contributed by atoms with van der Waals surface area (Å²) >= 11 is 0. The number of carbonyl (C=O) groups is 1. The summed E-state index contributed by atoms with van der Waals surface area (Å²) in [5.74, 6) is -0.758. The SMILES string of the molecule is Cc1cc2[nH]c(=O)oc2cc1-c1cc(N)c2cnc(NC(=O)C3CC3C#N)cc2c1. The van der Waals surface area contributed by atoms with Gasteiger partial charge in [-0.1, -0.05) is 0 Å². The van der Waals surface area contributed by atoms with E-state index in [-0.39, 0.29) is 17.7 Å². The number of nitrogens with two attached hydrogens (primary N) is 1. The minimum absolute atomic E-state index is 0.193. The normalized spacial score (nSPS) is 17.7. The van der Waals surface area contributed by atoms with E-state index in [0.29, 0.717) is 29.0 Å². The summed E-state index contributed by atoms with van der Waals surface area (Å²) < 4.78 is 5.19. The number of fused-ring (bicyclic) bond motifs is 2. The zero-order chi connectivity index (χ0) is 21.0. The maximum atomic E-state index is 12.2. The first kappa shape index (κ1) is 17.9. The molecule has 1 amide bonds. The molecule has 4 aromatic rings. The number of rotatable bonds is 3. The van der Waals surface area contributed by atoms with Gasteiger partial charge < -0.3 is 15.5 Å². The Morgan fingerprint density at radius 3 is 2.93 bits per heavy atom. The average Bonchev–Trinajstić information content (AvgIpc) is 3.41.